The molecule has 0 fully saturated rings. The molecule has 0 aliphatic heterocycles. The molecule has 0 atom stereocenters. The van der Waals surface area contributed by atoms with Gasteiger partial charge in [0.15, 0.2) is 0 Å². The molecule has 3 nitrogen and oxygen atoms in total. The van der Waals surface area contributed by atoms with Gasteiger partial charge in [-0.25, -0.2) is 0 Å². The van der Waals surface area contributed by atoms with Crippen LogP contribution in [0.25, 0.3) is 0 Å². The SMILES string of the molecule is CO.Cc1ccc(=O)[nH]c1. The second-order valence-electron chi connectivity index (χ2n) is 1.73. The minimum absolute atomic E-state index is 0.0457. The van der Waals surface area contributed by atoms with Gasteiger partial charge in [-0.1, -0.05) is 6.07 Å². The molecule has 0 saturated heterocycles. The molecule has 1 aromatic heterocycles. The zero-order chi connectivity index (χ0) is 7.98. The fourth-order valence-corrected chi connectivity index (χ4v) is 0.488. The molecule has 0 unspecified atom stereocenters. The molecular formula is C7H11NO2. The second kappa shape index (κ2) is 4.76. The van der Waals surface area contributed by atoms with Crippen LogP contribution in [0.4, 0.5) is 0 Å². The minimum Gasteiger partial charge on any atom is -0.400 e. The number of rotatable bonds is 0. The highest BCUT2D eigenvalue weighted by atomic mass is 16.2. The first-order chi connectivity index (χ1) is 4.79. The van der Waals surface area contributed by atoms with Crippen molar-refractivity contribution in [2.45, 2.75) is 6.92 Å². The highest BCUT2D eigenvalue weighted by Gasteiger charge is 1.78. The van der Waals surface area contributed by atoms with E-state index in [2.05, 4.69) is 4.98 Å². The lowest BCUT2D eigenvalue weighted by Gasteiger charge is -1.83. The van der Waals surface area contributed by atoms with Crippen molar-refractivity contribution in [2.75, 3.05) is 7.11 Å². The maximum absolute atomic E-state index is 10.4. The Balaban J connectivity index is 0.000000371. The van der Waals surface area contributed by atoms with E-state index in [-0.39, 0.29) is 5.56 Å². The van der Waals surface area contributed by atoms with Gasteiger partial charge in [0, 0.05) is 19.4 Å². The normalized spacial score (nSPS) is 7.90. The lowest BCUT2D eigenvalue weighted by molar-refractivity contribution is 0.399. The average molecular weight is 141 g/mol. The van der Waals surface area contributed by atoms with Crippen LogP contribution < -0.4 is 5.56 Å². The number of hydrogen-bond acceptors (Lipinski definition) is 2. The van der Waals surface area contributed by atoms with Gasteiger partial charge in [0.1, 0.15) is 0 Å². The number of nitrogens with one attached hydrogen (secondary N) is 1. The maximum Gasteiger partial charge on any atom is 0.247 e. The topological polar surface area (TPSA) is 53.1 Å². The second-order valence-corrected chi connectivity index (χ2v) is 1.73. The van der Waals surface area contributed by atoms with Crippen LogP contribution >= 0.6 is 0 Å². The van der Waals surface area contributed by atoms with Crippen molar-refractivity contribution in [3.8, 4) is 0 Å². The molecule has 0 radical (unpaired) electrons. The molecular weight excluding hydrogens is 130 g/mol. The number of H-pyrrole nitrogens is 1. The van der Waals surface area contributed by atoms with Crippen molar-refractivity contribution < 1.29 is 5.11 Å². The van der Waals surface area contributed by atoms with Crippen LogP contribution in [0.15, 0.2) is 23.1 Å². The monoisotopic (exact) mass is 141 g/mol. The first-order valence-electron chi connectivity index (χ1n) is 2.89. The number of aryl methyl sites for hydroxylation is 1. The predicted octanol–water partition coefficient (Wildman–Crippen LogP) is 0.292. The molecule has 0 bridgehead atoms. The van der Waals surface area contributed by atoms with E-state index in [9.17, 15) is 4.79 Å². The van der Waals surface area contributed by atoms with Gasteiger partial charge in [-0.15, -0.1) is 0 Å². The summed E-state index contributed by atoms with van der Waals surface area (Å²) in [4.78, 5) is 12.9. The highest BCUT2D eigenvalue weighted by molar-refractivity contribution is 5.04. The summed E-state index contributed by atoms with van der Waals surface area (Å²) in [6.45, 7) is 1.93. The van der Waals surface area contributed by atoms with E-state index in [0.29, 0.717) is 0 Å². The Morgan fingerprint density at radius 2 is 2.00 bits per heavy atom. The van der Waals surface area contributed by atoms with Crippen molar-refractivity contribution in [3.05, 3.63) is 34.2 Å². The molecule has 1 aromatic rings. The fraction of sp³-hybridized carbons (Fsp3) is 0.286. The smallest absolute Gasteiger partial charge is 0.247 e. The van der Waals surface area contributed by atoms with Crippen molar-refractivity contribution >= 4 is 0 Å². The van der Waals surface area contributed by atoms with Crippen LogP contribution in [-0.2, 0) is 0 Å². The van der Waals surface area contributed by atoms with Gasteiger partial charge in [-0.3, -0.25) is 4.79 Å². The van der Waals surface area contributed by atoms with Crippen LogP contribution in [0.1, 0.15) is 5.56 Å². The molecule has 56 valence electrons. The van der Waals surface area contributed by atoms with E-state index in [1.807, 2.05) is 6.92 Å². The maximum atomic E-state index is 10.4. The molecule has 0 saturated carbocycles. The fourth-order valence-electron chi connectivity index (χ4n) is 0.488. The standard InChI is InChI=1S/C6H7NO.CH4O/c1-5-2-3-6(8)7-4-5;1-2/h2-4H,1H3,(H,7,8);2H,1H3. The Morgan fingerprint density at radius 1 is 1.40 bits per heavy atom. The van der Waals surface area contributed by atoms with Gasteiger partial charge in [-0.05, 0) is 12.5 Å². The van der Waals surface area contributed by atoms with Gasteiger partial charge in [0.05, 0.1) is 0 Å². The Bertz CT molecular complexity index is 209. The largest absolute Gasteiger partial charge is 0.400 e. The predicted molar refractivity (Wildman–Crippen MR) is 39.9 cm³/mol. The van der Waals surface area contributed by atoms with Crippen molar-refractivity contribution in [1.29, 1.82) is 0 Å². The third-order valence-corrected chi connectivity index (χ3v) is 0.940. The van der Waals surface area contributed by atoms with E-state index < -0.39 is 0 Å². The quantitative estimate of drug-likeness (QED) is 0.545. The highest BCUT2D eigenvalue weighted by Crippen LogP contribution is 1.84. The minimum atomic E-state index is -0.0457. The molecule has 2 N–H and O–H groups in total. The van der Waals surface area contributed by atoms with Crippen LogP contribution in [0.5, 0.6) is 0 Å². The summed E-state index contributed by atoms with van der Waals surface area (Å²) in [5, 5.41) is 7.00. The van der Waals surface area contributed by atoms with Crippen LogP contribution in [0, 0.1) is 6.92 Å². The van der Waals surface area contributed by atoms with Gasteiger partial charge < -0.3 is 10.1 Å². The number of aliphatic hydroxyl groups excluding tert-OH is 1. The van der Waals surface area contributed by atoms with Crippen molar-refractivity contribution in [2.24, 2.45) is 0 Å². The average Bonchev–Trinajstić information content (AvgIpc) is 2.00. The summed E-state index contributed by atoms with van der Waals surface area (Å²) in [7, 11) is 1.00. The molecule has 0 aliphatic rings. The Kier molecular flexibility index (Phi) is 4.24. The summed E-state index contributed by atoms with van der Waals surface area (Å²) in [6, 6.07) is 3.29. The number of aromatic amines is 1. The van der Waals surface area contributed by atoms with E-state index >= 15 is 0 Å². The van der Waals surface area contributed by atoms with Gasteiger partial charge in [-0.2, -0.15) is 0 Å². The van der Waals surface area contributed by atoms with Gasteiger partial charge >= 0.3 is 0 Å². The summed E-state index contributed by atoms with van der Waals surface area (Å²) in [5.74, 6) is 0. The summed E-state index contributed by atoms with van der Waals surface area (Å²) in [5.41, 5.74) is 1.03. The van der Waals surface area contributed by atoms with Gasteiger partial charge in [0.2, 0.25) is 5.56 Å². The molecule has 0 spiro atoms. The number of aliphatic hydroxyl groups is 1. The molecule has 1 heterocycles. The molecule has 0 amide bonds. The summed E-state index contributed by atoms with van der Waals surface area (Å²) >= 11 is 0. The molecule has 1 rings (SSSR count). The van der Waals surface area contributed by atoms with Crippen LogP contribution in [0.2, 0.25) is 0 Å². The first kappa shape index (κ1) is 8.91. The van der Waals surface area contributed by atoms with E-state index in [4.69, 9.17) is 5.11 Å². The third-order valence-electron chi connectivity index (χ3n) is 0.940. The lowest BCUT2D eigenvalue weighted by atomic mass is 10.3. The van der Waals surface area contributed by atoms with Crippen molar-refractivity contribution in [3.63, 3.8) is 0 Å². The lowest BCUT2D eigenvalue weighted by Crippen LogP contribution is -2.00. The number of pyridine rings is 1. The zero-order valence-corrected chi connectivity index (χ0v) is 6.09. The summed E-state index contributed by atoms with van der Waals surface area (Å²) < 4.78 is 0. The van der Waals surface area contributed by atoms with Gasteiger partial charge in [0.25, 0.3) is 0 Å². The molecule has 0 aromatic carbocycles. The Morgan fingerprint density at radius 3 is 2.30 bits per heavy atom. The Labute approximate surface area is 59.3 Å². The molecule has 3 heteroatoms. The first-order valence-corrected chi connectivity index (χ1v) is 2.89. The van der Waals surface area contributed by atoms with E-state index in [0.717, 1.165) is 12.7 Å². The third kappa shape index (κ3) is 3.04. The molecule has 10 heavy (non-hydrogen) atoms. The van der Waals surface area contributed by atoms with Crippen molar-refractivity contribution in [1.82, 2.24) is 4.98 Å². The molecule has 0 aliphatic carbocycles. The van der Waals surface area contributed by atoms with E-state index in [1.165, 1.54) is 6.07 Å². The van der Waals surface area contributed by atoms with Crippen LogP contribution in [-0.4, -0.2) is 17.2 Å². The number of hydrogen-bond donors (Lipinski definition) is 2. The van der Waals surface area contributed by atoms with E-state index in [1.54, 1.807) is 12.3 Å². The summed E-state index contributed by atoms with van der Waals surface area (Å²) in [6.07, 6.45) is 1.68. The Hall–Kier alpha value is -1.09. The zero-order valence-electron chi connectivity index (χ0n) is 6.09. The number of aromatic nitrogens is 1. The van der Waals surface area contributed by atoms with Crippen LogP contribution in [0.3, 0.4) is 0 Å².